The zero-order valence-corrected chi connectivity index (χ0v) is 32.3. The van der Waals surface area contributed by atoms with Crippen molar-refractivity contribution in [1.82, 2.24) is 20.9 Å². The highest BCUT2D eigenvalue weighted by Gasteiger charge is 2.33. The third-order valence-electron chi connectivity index (χ3n) is 12.3. The molecule has 0 aliphatic carbocycles. The van der Waals surface area contributed by atoms with Crippen molar-refractivity contribution in [2.45, 2.75) is 57.8 Å². The maximum absolute atomic E-state index is 14.2. The Morgan fingerprint density at radius 3 is 1.21 bits per heavy atom. The van der Waals surface area contributed by atoms with Crippen molar-refractivity contribution in [1.29, 1.82) is 0 Å². The first-order valence-corrected chi connectivity index (χ1v) is 20.4. The molecule has 6 atom stereocenters. The quantitative estimate of drug-likeness (QED) is 0.0986. The number of carboxylic acid groups (broad SMARTS) is 3. The van der Waals surface area contributed by atoms with E-state index in [1.54, 1.807) is 0 Å². The average Bonchev–Trinajstić information content (AvgIpc) is 4.01. The average molecular weight is 767 g/mol. The monoisotopic (exact) mass is 766 g/mol. The Balaban J connectivity index is 1.15. The minimum atomic E-state index is -0.789. The van der Waals surface area contributed by atoms with Crippen LogP contribution in [-0.2, 0) is 57.7 Å². The number of carboxylic acids is 3. The van der Waals surface area contributed by atoms with Crippen LogP contribution in [0.25, 0.3) is 0 Å². The highest BCUT2D eigenvalue weighted by atomic mass is 16.4. The molecule has 6 rings (SSSR count). The SMILES string of the molecule is O=C(O)C(Cc1cccc(CCN(CCc2cccc(CC(C(=O)O)C3CCNC3)c2)C(=O)Cc2cccc(CC(C(=O)O)C3CCNC3)c2)c1)C1CCNC1. The molecule has 11 nitrogen and oxygen atoms in total. The molecule has 0 aromatic heterocycles. The van der Waals surface area contributed by atoms with Gasteiger partial charge in [0.2, 0.25) is 5.91 Å². The molecule has 3 aliphatic rings. The van der Waals surface area contributed by atoms with Gasteiger partial charge in [-0.2, -0.15) is 0 Å². The third kappa shape index (κ3) is 11.5. The Labute approximate surface area is 330 Å². The zero-order valence-electron chi connectivity index (χ0n) is 32.3. The summed E-state index contributed by atoms with van der Waals surface area (Å²) >= 11 is 0. The van der Waals surface area contributed by atoms with Crippen LogP contribution in [0.3, 0.4) is 0 Å². The Kier molecular flexibility index (Phi) is 14.7. The summed E-state index contributed by atoms with van der Waals surface area (Å²) in [5.74, 6) is -3.45. The predicted molar refractivity (Wildman–Crippen MR) is 214 cm³/mol. The van der Waals surface area contributed by atoms with Crippen molar-refractivity contribution < 1.29 is 34.5 Å². The standard InChI is InChI=1S/C45H58N4O7/c50-42(26-35-9-3-8-34(22-35)25-41(45(55)56)38-12-17-48-29-38)49(18-13-30-4-1-6-32(20-30)23-39(43(51)52)36-10-15-46-27-36)19-14-31-5-2-7-33(21-31)24-40(44(53)54)37-11-16-47-28-37/h1-9,20-22,36-41,46-48H,10-19,23-29H2,(H,51,52)(H,53,54)(H,55,56). The van der Waals surface area contributed by atoms with Gasteiger partial charge >= 0.3 is 17.9 Å². The van der Waals surface area contributed by atoms with Gasteiger partial charge in [0.05, 0.1) is 24.2 Å². The van der Waals surface area contributed by atoms with Gasteiger partial charge in [0.25, 0.3) is 0 Å². The van der Waals surface area contributed by atoms with Crippen LogP contribution in [0.2, 0.25) is 0 Å². The van der Waals surface area contributed by atoms with E-state index in [1.807, 2.05) is 65.6 Å². The summed E-state index contributed by atoms with van der Waals surface area (Å²) in [4.78, 5) is 52.7. The molecular weight excluding hydrogens is 709 g/mol. The number of benzene rings is 3. The Morgan fingerprint density at radius 1 is 0.536 bits per heavy atom. The van der Waals surface area contributed by atoms with Crippen LogP contribution in [0.5, 0.6) is 0 Å². The molecule has 1 amide bonds. The molecule has 0 bridgehead atoms. The number of hydrogen-bond acceptors (Lipinski definition) is 7. The van der Waals surface area contributed by atoms with E-state index < -0.39 is 35.7 Å². The van der Waals surface area contributed by atoms with E-state index >= 15 is 0 Å². The van der Waals surface area contributed by atoms with Crippen molar-refractivity contribution in [2.24, 2.45) is 35.5 Å². The van der Waals surface area contributed by atoms with Crippen molar-refractivity contribution in [3.8, 4) is 0 Å². The molecule has 0 saturated carbocycles. The molecule has 3 aromatic carbocycles. The lowest BCUT2D eigenvalue weighted by molar-refractivity contribution is -0.144. The Morgan fingerprint density at radius 2 is 0.875 bits per heavy atom. The highest BCUT2D eigenvalue weighted by Crippen LogP contribution is 2.27. The lowest BCUT2D eigenvalue weighted by Crippen LogP contribution is -2.36. The fraction of sp³-hybridized carbons (Fsp3) is 0.511. The van der Waals surface area contributed by atoms with Gasteiger partial charge in [0, 0.05) is 13.1 Å². The minimum Gasteiger partial charge on any atom is -0.481 e. The second-order valence-electron chi connectivity index (χ2n) is 16.2. The van der Waals surface area contributed by atoms with E-state index in [4.69, 9.17) is 0 Å². The van der Waals surface area contributed by atoms with E-state index in [1.165, 1.54) is 0 Å². The molecule has 3 fully saturated rings. The highest BCUT2D eigenvalue weighted by molar-refractivity contribution is 5.79. The molecule has 11 heteroatoms. The summed E-state index contributed by atoms with van der Waals surface area (Å²) < 4.78 is 0. The topological polar surface area (TPSA) is 168 Å². The van der Waals surface area contributed by atoms with E-state index in [0.29, 0.717) is 51.7 Å². The number of rotatable bonds is 20. The second kappa shape index (κ2) is 20.0. The molecule has 0 radical (unpaired) electrons. The van der Waals surface area contributed by atoms with Gasteiger partial charge < -0.3 is 36.2 Å². The molecule has 0 spiro atoms. The number of amides is 1. The number of carbonyl (C=O) groups is 4. The number of aliphatic carboxylic acids is 3. The summed E-state index contributed by atoms with van der Waals surface area (Å²) in [5, 5.41) is 39.9. The lowest BCUT2D eigenvalue weighted by Gasteiger charge is -2.24. The van der Waals surface area contributed by atoms with Crippen LogP contribution in [0.4, 0.5) is 0 Å². The van der Waals surface area contributed by atoms with Gasteiger partial charge in [-0.3, -0.25) is 19.2 Å². The van der Waals surface area contributed by atoms with Crippen molar-refractivity contribution in [3.63, 3.8) is 0 Å². The normalized spacial score (nSPS) is 21.0. The van der Waals surface area contributed by atoms with Crippen molar-refractivity contribution in [2.75, 3.05) is 52.4 Å². The van der Waals surface area contributed by atoms with E-state index in [9.17, 15) is 34.5 Å². The number of nitrogens with zero attached hydrogens (tertiary/aromatic N) is 1. The van der Waals surface area contributed by atoms with E-state index in [0.717, 1.165) is 85.4 Å². The molecule has 56 heavy (non-hydrogen) atoms. The fourth-order valence-corrected chi connectivity index (χ4v) is 9.06. The van der Waals surface area contributed by atoms with Crippen LogP contribution >= 0.6 is 0 Å². The molecule has 3 saturated heterocycles. The van der Waals surface area contributed by atoms with Crippen LogP contribution in [0.1, 0.15) is 52.6 Å². The second-order valence-corrected chi connectivity index (χ2v) is 16.2. The first kappa shape index (κ1) is 41.1. The van der Waals surface area contributed by atoms with Crippen LogP contribution in [0, 0.1) is 35.5 Å². The fourth-order valence-electron chi connectivity index (χ4n) is 9.06. The number of hydrogen-bond donors (Lipinski definition) is 6. The first-order chi connectivity index (χ1) is 27.1. The summed E-state index contributed by atoms with van der Waals surface area (Å²) in [6.07, 6.45) is 5.29. The van der Waals surface area contributed by atoms with Gasteiger partial charge in [-0.25, -0.2) is 0 Å². The molecule has 3 aromatic rings. The summed E-state index contributed by atoms with van der Waals surface area (Å²) in [7, 11) is 0. The molecule has 6 unspecified atom stereocenters. The number of carbonyl (C=O) groups excluding carboxylic acids is 1. The number of nitrogens with one attached hydrogen (secondary N) is 3. The van der Waals surface area contributed by atoms with Crippen LogP contribution in [-0.4, -0.2) is 96.4 Å². The maximum atomic E-state index is 14.2. The third-order valence-corrected chi connectivity index (χ3v) is 12.3. The molecule has 300 valence electrons. The Hall–Kier alpha value is -4.58. The largest absolute Gasteiger partial charge is 0.481 e. The molecule has 6 N–H and O–H groups in total. The first-order valence-electron chi connectivity index (χ1n) is 20.4. The van der Waals surface area contributed by atoms with Gasteiger partial charge in [0.15, 0.2) is 0 Å². The lowest BCUT2D eigenvalue weighted by atomic mass is 9.85. The van der Waals surface area contributed by atoms with E-state index in [-0.39, 0.29) is 30.1 Å². The molecule has 3 heterocycles. The minimum absolute atomic E-state index is 0.0245. The summed E-state index contributed by atoms with van der Waals surface area (Å²) in [5.41, 5.74) is 5.80. The summed E-state index contributed by atoms with van der Waals surface area (Å²) in [6, 6.07) is 23.9. The smallest absolute Gasteiger partial charge is 0.307 e. The molecule has 3 aliphatic heterocycles. The van der Waals surface area contributed by atoms with Crippen LogP contribution in [0.15, 0.2) is 72.8 Å². The van der Waals surface area contributed by atoms with Gasteiger partial charge in [-0.15, -0.1) is 0 Å². The van der Waals surface area contributed by atoms with Crippen LogP contribution < -0.4 is 16.0 Å². The van der Waals surface area contributed by atoms with Gasteiger partial charge in [-0.05, 0) is 142 Å². The molecular formula is C45H58N4O7. The zero-order chi connectivity index (χ0) is 39.4. The maximum Gasteiger partial charge on any atom is 0.307 e. The van der Waals surface area contributed by atoms with Gasteiger partial charge in [-0.1, -0.05) is 72.8 Å². The van der Waals surface area contributed by atoms with Gasteiger partial charge in [0.1, 0.15) is 0 Å². The predicted octanol–water partition coefficient (Wildman–Crippen LogP) is 4.10. The Bertz CT molecular complexity index is 1710. The van der Waals surface area contributed by atoms with Crippen molar-refractivity contribution >= 4 is 23.8 Å². The van der Waals surface area contributed by atoms with Crippen molar-refractivity contribution in [3.05, 3.63) is 106 Å². The summed E-state index contributed by atoms with van der Waals surface area (Å²) in [6.45, 7) is 5.60. The van der Waals surface area contributed by atoms with E-state index in [2.05, 4.69) is 28.1 Å².